The number of hydrogen-bond donors (Lipinski definition) is 6. The molecule has 1 aromatic heterocycles. The van der Waals surface area contributed by atoms with Crippen molar-refractivity contribution in [3.05, 3.63) is 91.8 Å². The first kappa shape index (κ1) is 30.5. The van der Waals surface area contributed by atoms with Gasteiger partial charge >= 0.3 is 5.97 Å². The van der Waals surface area contributed by atoms with Crippen LogP contribution in [-0.2, 0) is 29.0 Å². The highest BCUT2D eigenvalue weighted by Gasteiger charge is 2.51. The average molecular weight is 617 g/mol. The van der Waals surface area contributed by atoms with Crippen molar-refractivity contribution in [1.82, 2.24) is 10.6 Å². The van der Waals surface area contributed by atoms with Gasteiger partial charge in [0.25, 0.3) is 0 Å². The number of benzene rings is 1. The summed E-state index contributed by atoms with van der Waals surface area (Å²) in [4.78, 5) is 26.6. The smallest absolute Gasteiger partial charge is 0.333 e. The Morgan fingerprint density at radius 1 is 1.31 bits per heavy atom. The zero-order valence-electron chi connectivity index (χ0n) is 25.7. The average Bonchev–Trinajstić information content (AvgIpc) is 3.02. The van der Waals surface area contributed by atoms with Gasteiger partial charge in [-0.05, 0) is 62.8 Å². The number of rotatable bonds is 5. The Balaban J connectivity index is 1.61. The van der Waals surface area contributed by atoms with E-state index in [9.17, 15) is 19.8 Å². The number of aliphatic hydroxyl groups excluding tert-OH is 1. The summed E-state index contributed by atoms with van der Waals surface area (Å²) in [6.07, 6.45) is 10.7. The highest BCUT2D eigenvalue weighted by molar-refractivity contribution is 5.91. The van der Waals surface area contributed by atoms with Crippen molar-refractivity contribution in [2.24, 2.45) is 17.4 Å². The molecule has 0 aliphatic carbocycles. The van der Waals surface area contributed by atoms with Crippen LogP contribution in [0.1, 0.15) is 56.9 Å². The third kappa shape index (κ3) is 5.40. The lowest BCUT2D eigenvalue weighted by atomic mass is 9.72. The third-order valence-corrected chi connectivity index (χ3v) is 9.59. The van der Waals surface area contributed by atoms with E-state index in [0.29, 0.717) is 60.5 Å². The van der Waals surface area contributed by atoms with Crippen LogP contribution in [0.15, 0.2) is 73.9 Å². The van der Waals surface area contributed by atoms with Crippen molar-refractivity contribution in [1.29, 1.82) is 0 Å². The lowest BCUT2D eigenvalue weighted by Crippen LogP contribution is -2.56. The molecular weight excluding hydrogens is 576 g/mol. The number of aliphatic hydroxyl groups is 1. The maximum Gasteiger partial charge on any atom is 0.333 e. The van der Waals surface area contributed by atoms with E-state index in [1.165, 1.54) is 6.07 Å². The molecule has 2 aromatic rings. The molecule has 11 nitrogen and oxygen atoms in total. The maximum absolute atomic E-state index is 13.4. The minimum atomic E-state index is -1.08. The van der Waals surface area contributed by atoms with Crippen LogP contribution >= 0.6 is 0 Å². The molecule has 4 unspecified atom stereocenters. The fourth-order valence-corrected chi connectivity index (χ4v) is 6.80. The fourth-order valence-electron chi connectivity index (χ4n) is 6.80. The van der Waals surface area contributed by atoms with Crippen LogP contribution in [0.3, 0.4) is 0 Å². The molecule has 0 saturated heterocycles. The van der Waals surface area contributed by atoms with Crippen LogP contribution in [0, 0.1) is 5.92 Å². The number of dihydropyridines is 2. The van der Waals surface area contributed by atoms with Crippen molar-refractivity contribution in [2.45, 2.75) is 77.4 Å². The van der Waals surface area contributed by atoms with Gasteiger partial charge in [-0.3, -0.25) is 4.79 Å². The Kier molecular flexibility index (Phi) is 8.00. The number of phenolic OH excluding ortho intramolecular Hbond substituents is 1. The molecule has 2 bridgehead atoms. The van der Waals surface area contributed by atoms with Crippen molar-refractivity contribution < 1.29 is 28.9 Å². The largest absolute Gasteiger partial charge is 0.507 e. The van der Waals surface area contributed by atoms with Crippen molar-refractivity contribution in [2.75, 3.05) is 6.54 Å². The molecule has 0 radical (unpaired) electrons. The van der Waals surface area contributed by atoms with Crippen molar-refractivity contribution in [3.63, 3.8) is 0 Å². The number of esters is 1. The van der Waals surface area contributed by atoms with E-state index in [0.717, 1.165) is 16.7 Å². The van der Waals surface area contributed by atoms with Gasteiger partial charge in [0, 0.05) is 54.3 Å². The van der Waals surface area contributed by atoms with Gasteiger partial charge in [0.05, 0.1) is 12.0 Å². The Hall–Kier alpha value is -4.48. The topological polar surface area (TPSA) is 182 Å². The Labute approximate surface area is 260 Å². The summed E-state index contributed by atoms with van der Waals surface area (Å²) in [7, 11) is 0. The summed E-state index contributed by atoms with van der Waals surface area (Å²) < 4.78 is 19.3. The van der Waals surface area contributed by atoms with Gasteiger partial charge in [0.15, 0.2) is 5.43 Å². The molecule has 0 amide bonds. The predicted molar refractivity (Wildman–Crippen MR) is 169 cm³/mol. The van der Waals surface area contributed by atoms with E-state index < -0.39 is 29.7 Å². The molecule has 238 valence electrons. The molecule has 8 N–H and O–H groups in total. The van der Waals surface area contributed by atoms with Gasteiger partial charge in [0.1, 0.15) is 46.5 Å². The number of phenols is 1. The number of hydrogen-bond acceptors (Lipinski definition) is 11. The number of carbonyl (C=O) groups excluding carboxylic acids is 1. The molecule has 6 rings (SSSR count). The van der Waals surface area contributed by atoms with Crippen LogP contribution in [0.2, 0.25) is 0 Å². The molecule has 0 saturated carbocycles. The van der Waals surface area contributed by atoms with Gasteiger partial charge in [-0.25, -0.2) is 4.79 Å². The first-order valence-electron chi connectivity index (χ1n) is 15.3. The second-order valence-corrected chi connectivity index (χ2v) is 12.3. The van der Waals surface area contributed by atoms with Crippen LogP contribution < -0.4 is 32.3 Å². The van der Waals surface area contributed by atoms with Crippen LogP contribution in [-0.4, -0.2) is 40.6 Å². The molecular formula is C34H40N4O7. The Morgan fingerprint density at radius 2 is 2.11 bits per heavy atom. The summed E-state index contributed by atoms with van der Waals surface area (Å²) in [6, 6.07) is 1.18. The first-order valence-corrected chi connectivity index (χ1v) is 15.3. The second-order valence-electron chi connectivity index (χ2n) is 12.3. The van der Waals surface area contributed by atoms with Gasteiger partial charge in [-0.2, -0.15) is 0 Å². The van der Waals surface area contributed by atoms with Gasteiger partial charge in [-0.15, -0.1) is 0 Å². The second kappa shape index (κ2) is 11.8. The zero-order valence-corrected chi connectivity index (χ0v) is 25.7. The molecule has 0 spiro atoms. The molecule has 1 aromatic carbocycles. The molecule has 4 aliphatic rings. The summed E-state index contributed by atoms with van der Waals surface area (Å²) in [5.41, 5.74) is 15.4. The zero-order chi connectivity index (χ0) is 32.0. The number of aromatic hydroxyl groups is 1. The van der Waals surface area contributed by atoms with Crippen molar-refractivity contribution in [3.8, 4) is 11.5 Å². The summed E-state index contributed by atoms with van der Waals surface area (Å²) >= 11 is 0. The van der Waals surface area contributed by atoms with Gasteiger partial charge < -0.3 is 46.2 Å². The van der Waals surface area contributed by atoms with E-state index >= 15 is 0 Å². The number of allylic oxidation sites excluding steroid dienone is 5. The predicted octanol–water partition coefficient (Wildman–Crippen LogP) is 2.93. The van der Waals surface area contributed by atoms with E-state index in [1.54, 1.807) is 19.9 Å². The molecule has 4 atom stereocenters. The summed E-state index contributed by atoms with van der Waals surface area (Å²) in [6.45, 7) is 5.43. The number of fused-ring (bicyclic) bond motifs is 4. The van der Waals surface area contributed by atoms with E-state index in [-0.39, 0.29) is 41.0 Å². The van der Waals surface area contributed by atoms with Crippen LogP contribution in [0.4, 0.5) is 0 Å². The van der Waals surface area contributed by atoms with E-state index in [1.807, 2.05) is 25.3 Å². The standard InChI is InChI=1S/C34H40N4O7/c1-4-17(2)33(42)44-26-14-23-29(41)28-25(40)13-21(16-39)43-31(28)24-12-19-9-10-37-32(36)22(19)7-6-20(34(26,3)45-30(23)24)11-18-5-8-27(35)38-15-18/h4-5,8-9,13,15,20,26-27,37-39,41H,6-7,10-12,14,16,35-36H2,1-3H3. The monoisotopic (exact) mass is 616 g/mol. The maximum atomic E-state index is 13.4. The number of nitrogens with one attached hydrogen (secondary N) is 2. The molecule has 5 heterocycles. The van der Waals surface area contributed by atoms with Crippen LogP contribution in [0.5, 0.6) is 11.5 Å². The summed E-state index contributed by atoms with van der Waals surface area (Å²) in [5, 5.41) is 27.9. The molecule has 45 heavy (non-hydrogen) atoms. The van der Waals surface area contributed by atoms with E-state index in [4.69, 9.17) is 25.4 Å². The van der Waals surface area contributed by atoms with Gasteiger partial charge in [0.2, 0.25) is 0 Å². The Bertz CT molecular complexity index is 1780. The first-order chi connectivity index (χ1) is 21.5. The van der Waals surface area contributed by atoms with E-state index in [2.05, 4.69) is 16.7 Å². The normalized spacial score (nSPS) is 26.2. The minimum Gasteiger partial charge on any atom is -0.507 e. The van der Waals surface area contributed by atoms with Crippen molar-refractivity contribution >= 4 is 16.9 Å². The third-order valence-electron chi connectivity index (χ3n) is 9.59. The highest BCUT2D eigenvalue weighted by atomic mass is 16.6. The molecule has 11 heteroatoms. The quantitative estimate of drug-likeness (QED) is 0.215. The number of carbonyl (C=O) groups is 1. The molecule has 0 fully saturated rings. The Morgan fingerprint density at radius 3 is 2.82 bits per heavy atom. The lowest BCUT2D eigenvalue weighted by Gasteiger charge is -2.48. The SMILES string of the molecule is CC=C(C)C(=O)OC1Cc2c3c(c4oc(CO)cc(=O)c4c2O)CC2=CCNC(N)=C2CCC(CC2=CNC(N)C=C2)C1(C)O3. The highest BCUT2D eigenvalue weighted by Crippen LogP contribution is 2.51. The minimum absolute atomic E-state index is 0.00980. The van der Waals surface area contributed by atoms with Crippen LogP contribution in [0.25, 0.3) is 11.0 Å². The lowest BCUT2D eigenvalue weighted by molar-refractivity contribution is -0.165. The van der Waals surface area contributed by atoms with Gasteiger partial charge in [-0.1, -0.05) is 18.2 Å². The number of nitrogens with two attached hydrogens (primary N) is 2. The summed E-state index contributed by atoms with van der Waals surface area (Å²) in [5.74, 6) is 0.0498. The molecule has 4 aliphatic heterocycles. The fraction of sp³-hybridized carbons (Fsp3) is 0.412. The number of ether oxygens (including phenoxy) is 2.